The lowest BCUT2D eigenvalue weighted by atomic mass is 10.1. The number of nitrogens with two attached hydrogens (primary N) is 1. The number of tetrazole rings is 1. The Labute approximate surface area is 65.4 Å². The van der Waals surface area contributed by atoms with Crippen LogP contribution in [-0.2, 0) is 0 Å². The van der Waals surface area contributed by atoms with Crippen molar-refractivity contribution in [2.75, 3.05) is 0 Å². The SMILES string of the molecule is CCCC[C@H](N)c1nnn[nH]1. The van der Waals surface area contributed by atoms with Crippen molar-refractivity contribution >= 4 is 0 Å². The molecule has 5 nitrogen and oxygen atoms in total. The molecule has 0 unspecified atom stereocenters. The van der Waals surface area contributed by atoms with E-state index < -0.39 is 0 Å². The van der Waals surface area contributed by atoms with Gasteiger partial charge in [0.25, 0.3) is 0 Å². The summed E-state index contributed by atoms with van der Waals surface area (Å²) in [4.78, 5) is 0. The first kappa shape index (κ1) is 8.13. The number of nitrogens with one attached hydrogen (secondary N) is 1. The van der Waals surface area contributed by atoms with Gasteiger partial charge in [-0.2, -0.15) is 0 Å². The highest BCUT2D eigenvalue weighted by Crippen LogP contribution is 2.10. The van der Waals surface area contributed by atoms with Gasteiger partial charge in [0, 0.05) is 0 Å². The minimum Gasteiger partial charge on any atom is -0.321 e. The van der Waals surface area contributed by atoms with Crippen LogP contribution in [0.4, 0.5) is 0 Å². The molecule has 3 N–H and O–H groups in total. The maximum absolute atomic E-state index is 5.75. The molecule has 0 bridgehead atoms. The van der Waals surface area contributed by atoms with Gasteiger partial charge < -0.3 is 5.73 Å². The third-order valence-corrected chi connectivity index (χ3v) is 1.58. The van der Waals surface area contributed by atoms with Gasteiger partial charge in [-0.3, -0.25) is 0 Å². The number of rotatable bonds is 4. The molecule has 1 aromatic heterocycles. The molecule has 1 heterocycles. The number of aromatic amines is 1. The molecule has 62 valence electrons. The van der Waals surface area contributed by atoms with E-state index in [0.717, 1.165) is 19.3 Å². The van der Waals surface area contributed by atoms with Gasteiger partial charge >= 0.3 is 0 Å². The average molecular weight is 155 g/mol. The molecular formula is C6H13N5. The largest absolute Gasteiger partial charge is 0.321 e. The van der Waals surface area contributed by atoms with Crippen LogP contribution in [0.1, 0.15) is 38.1 Å². The van der Waals surface area contributed by atoms with Crippen LogP contribution >= 0.6 is 0 Å². The summed E-state index contributed by atoms with van der Waals surface area (Å²) in [5.41, 5.74) is 5.75. The summed E-state index contributed by atoms with van der Waals surface area (Å²) < 4.78 is 0. The summed E-state index contributed by atoms with van der Waals surface area (Å²) in [6.45, 7) is 2.13. The maximum atomic E-state index is 5.75. The Balaban J connectivity index is 2.36. The molecule has 5 heteroatoms. The second-order valence-electron chi connectivity index (χ2n) is 2.54. The van der Waals surface area contributed by atoms with Gasteiger partial charge in [-0.15, -0.1) is 5.10 Å². The van der Waals surface area contributed by atoms with Gasteiger partial charge in [-0.05, 0) is 16.8 Å². The summed E-state index contributed by atoms with van der Waals surface area (Å²) in [5, 5.41) is 13.3. The van der Waals surface area contributed by atoms with Crippen molar-refractivity contribution < 1.29 is 0 Å². The van der Waals surface area contributed by atoms with E-state index in [2.05, 4.69) is 27.5 Å². The summed E-state index contributed by atoms with van der Waals surface area (Å²) in [6.07, 6.45) is 3.20. The third kappa shape index (κ3) is 2.27. The summed E-state index contributed by atoms with van der Waals surface area (Å²) in [5.74, 6) is 0.679. The molecule has 1 aromatic rings. The molecule has 0 aliphatic rings. The van der Waals surface area contributed by atoms with Crippen molar-refractivity contribution in [3.05, 3.63) is 5.82 Å². The van der Waals surface area contributed by atoms with E-state index >= 15 is 0 Å². The average Bonchev–Trinajstić information content (AvgIpc) is 2.52. The Morgan fingerprint density at radius 3 is 3.00 bits per heavy atom. The Hall–Kier alpha value is -0.970. The zero-order chi connectivity index (χ0) is 8.10. The van der Waals surface area contributed by atoms with E-state index in [4.69, 9.17) is 5.73 Å². The van der Waals surface area contributed by atoms with Crippen molar-refractivity contribution in [3.63, 3.8) is 0 Å². The van der Waals surface area contributed by atoms with Crippen molar-refractivity contribution in [3.8, 4) is 0 Å². The molecule has 1 rings (SSSR count). The van der Waals surface area contributed by atoms with Crippen LogP contribution in [0, 0.1) is 0 Å². The highest BCUT2D eigenvalue weighted by atomic mass is 15.5. The number of aromatic nitrogens is 4. The van der Waals surface area contributed by atoms with Crippen LogP contribution in [0.2, 0.25) is 0 Å². The second-order valence-corrected chi connectivity index (χ2v) is 2.54. The monoisotopic (exact) mass is 155 g/mol. The standard InChI is InChI=1S/C6H13N5/c1-2-3-4-5(7)6-8-10-11-9-6/h5H,2-4,7H2,1H3,(H,8,9,10,11)/t5-/m0/s1. The Bertz CT molecular complexity index is 183. The first-order valence-electron chi connectivity index (χ1n) is 3.83. The zero-order valence-corrected chi connectivity index (χ0v) is 6.62. The molecule has 11 heavy (non-hydrogen) atoms. The fraction of sp³-hybridized carbons (Fsp3) is 0.833. The van der Waals surface area contributed by atoms with E-state index in [9.17, 15) is 0 Å². The predicted molar refractivity (Wildman–Crippen MR) is 40.6 cm³/mol. The van der Waals surface area contributed by atoms with Crippen molar-refractivity contribution in [2.24, 2.45) is 5.73 Å². The molecular weight excluding hydrogens is 142 g/mol. The number of unbranched alkanes of at least 4 members (excludes halogenated alkanes) is 1. The van der Waals surface area contributed by atoms with E-state index in [-0.39, 0.29) is 6.04 Å². The van der Waals surface area contributed by atoms with Crippen LogP contribution in [0.3, 0.4) is 0 Å². The van der Waals surface area contributed by atoms with Gasteiger partial charge in [-0.1, -0.05) is 19.8 Å². The number of hydrogen-bond donors (Lipinski definition) is 2. The van der Waals surface area contributed by atoms with E-state index in [0.29, 0.717) is 5.82 Å². The van der Waals surface area contributed by atoms with E-state index in [1.54, 1.807) is 0 Å². The van der Waals surface area contributed by atoms with Crippen LogP contribution in [-0.4, -0.2) is 20.6 Å². The Kier molecular flexibility index (Phi) is 2.97. The van der Waals surface area contributed by atoms with Crippen molar-refractivity contribution in [1.82, 2.24) is 20.6 Å². The van der Waals surface area contributed by atoms with Crippen LogP contribution in [0.25, 0.3) is 0 Å². The molecule has 0 aliphatic carbocycles. The van der Waals surface area contributed by atoms with Crippen molar-refractivity contribution in [2.45, 2.75) is 32.2 Å². The summed E-state index contributed by atoms with van der Waals surface area (Å²) >= 11 is 0. The van der Waals surface area contributed by atoms with Gasteiger partial charge in [0.05, 0.1) is 6.04 Å². The fourth-order valence-corrected chi connectivity index (χ4v) is 0.884. The van der Waals surface area contributed by atoms with Gasteiger partial charge in [0.2, 0.25) is 0 Å². The number of nitrogens with zero attached hydrogens (tertiary/aromatic N) is 3. The van der Waals surface area contributed by atoms with E-state index in [1.807, 2.05) is 0 Å². The lowest BCUT2D eigenvalue weighted by Gasteiger charge is -2.04. The summed E-state index contributed by atoms with van der Waals surface area (Å²) in [6, 6.07) is -0.0371. The highest BCUT2D eigenvalue weighted by molar-refractivity contribution is 4.85. The fourth-order valence-electron chi connectivity index (χ4n) is 0.884. The minimum atomic E-state index is -0.0371. The smallest absolute Gasteiger partial charge is 0.165 e. The maximum Gasteiger partial charge on any atom is 0.165 e. The van der Waals surface area contributed by atoms with Crippen LogP contribution < -0.4 is 5.73 Å². The van der Waals surface area contributed by atoms with Crippen LogP contribution in [0.5, 0.6) is 0 Å². The molecule has 0 fully saturated rings. The Morgan fingerprint density at radius 2 is 2.45 bits per heavy atom. The Morgan fingerprint density at radius 1 is 1.64 bits per heavy atom. The lowest BCUT2D eigenvalue weighted by Crippen LogP contribution is -2.11. The summed E-state index contributed by atoms with van der Waals surface area (Å²) in [7, 11) is 0. The quantitative estimate of drug-likeness (QED) is 0.659. The van der Waals surface area contributed by atoms with Crippen molar-refractivity contribution in [1.29, 1.82) is 0 Å². The molecule has 0 radical (unpaired) electrons. The van der Waals surface area contributed by atoms with Gasteiger partial charge in [-0.25, -0.2) is 5.10 Å². The molecule has 0 amide bonds. The highest BCUT2D eigenvalue weighted by Gasteiger charge is 2.07. The predicted octanol–water partition coefficient (Wildman–Crippen LogP) is 0.390. The van der Waals surface area contributed by atoms with E-state index in [1.165, 1.54) is 0 Å². The third-order valence-electron chi connectivity index (χ3n) is 1.58. The molecule has 0 saturated carbocycles. The molecule has 0 aliphatic heterocycles. The minimum absolute atomic E-state index is 0.0371. The van der Waals surface area contributed by atoms with Gasteiger partial charge in [0.1, 0.15) is 0 Å². The molecule has 0 saturated heterocycles. The number of hydrogen-bond acceptors (Lipinski definition) is 4. The number of H-pyrrole nitrogens is 1. The van der Waals surface area contributed by atoms with Gasteiger partial charge in [0.15, 0.2) is 5.82 Å². The lowest BCUT2D eigenvalue weighted by molar-refractivity contribution is 0.575. The molecule has 1 atom stereocenters. The molecule has 0 aromatic carbocycles. The first-order chi connectivity index (χ1) is 5.34. The molecule has 0 spiro atoms. The second kappa shape index (κ2) is 4.02. The normalized spacial score (nSPS) is 13.3. The first-order valence-corrected chi connectivity index (χ1v) is 3.83. The zero-order valence-electron chi connectivity index (χ0n) is 6.62. The topological polar surface area (TPSA) is 80.5 Å². The van der Waals surface area contributed by atoms with Crippen LogP contribution in [0.15, 0.2) is 0 Å².